The number of hydrogen-bond donors (Lipinski definition) is 1. The van der Waals surface area contributed by atoms with Crippen molar-refractivity contribution in [2.75, 3.05) is 4.90 Å². The van der Waals surface area contributed by atoms with Gasteiger partial charge in [-0.2, -0.15) is 0 Å². The molecule has 35 heavy (non-hydrogen) atoms. The van der Waals surface area contributed by atoms with Crippen LogP contribution in [0, 0.1) is 0 Å². The molecule has 2 amide bonds. The minimum absolute atomic E-state index is 0.0434. The van der Waals surface area contributed by atoms with Crippen LogP contribution < -0.4 is 15.0 Å². The molecule has 0 bridgehead atoms. The second-order valence-electron chi connectivity index (χ2n) is 8.52. The molecule has 170 valence electrons. The van der Waals surface area contributed by atoms with Crippen molar-refractivity contribution in [2.24, 2.45) is 0 Å². The van der Waals surface area contributed by atoms with Crippen molar-refractivity contribution < 1.29 is 14.3 Å². The van der Waals surface area contributed by atoms with Gasteiger partial charge in [0.05, 0.1) is 5.69 Å². The fraction of sp³-hybridized carbons (Fsp3) is 0.0690. The number of anilines is 1. The van der Waals surface area contributed by atoms with Gasteiger partial charge in [-0.05, 0) is 95.0 Å². The number of rotatable bonds is 4. The molecule has 1 aliphatic heterocycles. The molecular weight excluding hydrogens is 456 g/mol. The van der Waals surface area contributed by atoms with E-state index in [2.05, 4.69) is 17.4 Å². The average molecular weight is 477 g/mol. The zero-order valence-corrected chi connectivity index (χ0v) is 19.5. The molecule has 0 unspecified atom stereocenters. The Hall–Kier alpha value is -4.29. The summed E-state index contributed by atoms with van der Waals surface area (Å²) in [6, 6.07) is 26.7. The lowest BCUT2D eigenvalue weighted by Crippen LogP contribution is -2.54. The number of carbonyl (C=O) groups is 2. The largest absolute Gasteiger partial charge is 0.457 e. The van der Waals surface area contributed by atoms with E-state index in [1.165, 1.54) is 21.4 Å². The van der Waals surface area contributed by atoms with Gasteiger partial charge in [-0.1, -0.05) is 48.5 Å². The van der Waals surface area contributed by atoms with E-state index in [1.807, 2.05) is 48.5 Å². The molecule has 0 atom stereocenters. The predicted molar refractivity (Wildman–Crippen MR) is 141 cm³/mol. The Bertz CT molecular complexity index is 1530. The zero-order valence-electron chi connectivity index (χ0n) is 18.7. The predicted octanol–water partition coefficient (Wildman–Crippen LogP) is 5.56. The first kappa shape index (κ1) is 21.3. The molecule has 6 rings (SSSR count). The van der Waals surface area contributed by atoms with Crippen LogP contribution in [0.3, 0.4) is 0 Å². The van der Waals surface area contributed by atoms with Gasteiger partial charge in [0.1, 0.15) is 17.1 Å². The van der Waals surface area contributed by atoms with Crippen molar-refractivity contribution in [2.45, 2.75) is 12.8 Å². The van der Waals surface area contributed by atoms with Crippen LogP contribution in [-0.2, 0) is 22.4 Å². The lowest BCUT2D eigenvalue weighted by Gasteiger charge is -2.29. The van der Waals surface area contributed by atoms with E-state index in [-0.39, 0.29) is 10.7 Å². The van der Waals surface area contributed by atoms with Crippen molar-refractivity contribution in [3.05, 3.63) is 107 Å². The standard InChI is InChI=1S/C29H20N2O3S/c32-27-25(17-20-12-11-19-10-9-18-5-4-8-24(20)26(18)19)28(33)31(29(35)30-27)21-13-15-23(16-14-21)34-22-6-2-1-3-7-22/h1-8,11-17H,9-10H2,(H,30,32,35). The quantitative estimate of drug-likeness (QED) is 0.238. The summed E-state index contributed by atoms with van der Waals surface area (Å²) in [5.74, 6) is 0.387. The summed E-state index contributed by atoms with van der Waals surface area (Å²) in [7, 11) is 0. The third-order valence-electron chi connectivity index (χ3n) is 6.39. The summed E-state index contributed by atoms with van der Waals surface area (Å²) in [5.41, 5.74) is 4.04. The smallest absolute Gasteiger partial charge is 0.270 e. The van der Waals surface area contributed by atoms with Gasteiger partial charge in [-0.3, -0.25) is 19.8 Å². The highest BCUT2D eigenvalue weighted by molar-refractivity contribution is 7.80. The lowest BCUT2D eigenvalue weighted by atomic mass is 9.97. The third kappa shape index (κ3) is 3.78. The minimum Gasteiger partial charge on any atom is -0.457 e. The monoisotopic (exact) mass is 476 g/mol. The van der Waals surface area contributed by atoms with E-state index in [9.17, 15) is 9.59 Å². The van der Waals surface area contributed by atoms with Gasteiger partial charge in [0.15, 0.2) is 5.11 Å². The molecule has 0 aromatic heterocycles. The van der Waals surface area contributed by atoms with Crippen LogP contribution in [0.5, 0.6) is 11.5 Å². The number of para-hydroxylation sites is 1. The summed E-state index contributed by atoms with van der Waals surface area (Å²) in [4.78, 5) is 27.6. The number of thiocarbonyl (C=S) groups is 1. The number of benzene rings is 4. The van der Waals surface area contributed by atoms with Gasteiger partial charge in [0.2, 0.25) is 0 Å². The lowest BCUT2D eigenvalue weighted by molar-refractivity contribution is -0.122. The Morgan fingerprint density at radius 1 is 0.800 bits per heavy atom. The zero-order chi connectivity index (χ0) is 23.9. The molecule has 4 aromatic carbocycles. The van der Waals surface area contributed by atoms with Gasteiger partial charge in [-0.25, -0.2) is 0 Å². The maximum Gasteiger partial charge on any atom is 0.270 e. The fourth-order valence-electron chi connectivity index (χ4n) is 4.73. The van der Waals surface area contributed by atoms with Crippen LogP contribution in [0.25, 0.3) is 16.8 Å². The van der Waals surface area contributed by atoms with E-state index >= 15 is 0 Å². The number of amides is 2. The molecule has 4 aromatic rings. The SMILES string of the molecule is O=C1NC(=S)N(c2ccc(Oc3ccccc3)cc2)C(=O)C1=Cc1ccc2c3c(cccc13)CC2. The molecule has 1 heterocycles. The van der Waals surface area contributed by atoms with Crippen LogP contribution in [0.1, 0.15) is 16.7 Å². The van der Waals surface area contributed by atoms with Gasteiger partial charge < -0.3 is 4.74 Å². The molecule has 6 heteroatoms. The molecule has 1 aliphatic carbocycles. The fourth-order valence-corrected chi connectivity index (χ4v) is 5.01. The summed E-state index contributed by atoms with van der Waals surface area (Å²) in [6.45, 7) is 0. The normalized spacial score (nSPS) is 16.2. The summed E-state index contributed by atoms with van der Waals surface area (Å²) in [6.07, 6.45) is 3.69. The van der Waals surface area contributed by atoms with Crippen molar-refractivity contribution in [1.82, 2.24) is 5.32 Å². The topological polar surface area (TPSA) is 58.6 Å². The first-order valence-corrected chi connectivity index (χ1v) is 11.8. The number of nitrogens with zero attached hydrogens (tertiary/aromatic N) is 1. The summed E-state index contributed by atoms with van der Waals surface area (Å²) in [5, 5.41) is 4.99. The highest BCUT2D eigenvalue weighted by atomic mass is 32.1. The molecule has 0 saturated carbocycles. The van der Waals surface area contributed by atoms with Crippen LogP contribution in [0.2, 0.25) is 0 Å². The molecule has 1 N–H and O–H groups in total. The van der Waals surface area contributed by atoms with E-state index in [0.29, 0.717) is 17.2 Å². The van der Waals surface area contributed by atoms with Gasteiger partial charge >= 0.3 is 0 Å². The highest BCUT2D eigenvalue weighted by Crippen LogP contribution is 2.34. The average Bonchev–Trinajstić information content (AvgIpc) is 3.29. The Morgan fingerprint density at radius 2 is 1.51 bits per heavy atom. The summed E-state index contributed by atoms with van der Waals surface area (Å²) < 4.78 is 5.84. The number of aryl methyl sites for hydroxylation is 2. The van der Waals surface area contributed by atoms with E-state index in [4.69, 9.17) is 17.0 Å². The second kappa shape index (κ2) is 8.49. The van der Waals surface area contributed by atoms with E-state index in [1.54, 1.807) is 30.3 Å². The van der Waals surface area contributed by atoms with Crippen LogP contribution in [-0.4, -0.2) is 16.9 Å². The van der Waals surface area contributed by atoms with Crippen molar-refractivity contribution in [3.8, 4) is 11.5 Å². The molecule has 1 saturated heterocycles. The maximum atomic E-state index is 13.5. The number of carbonyl (C=O) groups excluding carboxylic acids is 2. The van der Waals surface area contributed by atoms with Gasteiger partial charge in [-0.15, -0.1) is 0 Å². The highest BCUT2D eigenvalue weighted by Gasteiger charge is 2.34. The number of ether oxygens (including phenoxy) is 1. The van der Waals surface area contributed by atoms with Crippen molar-refractivity contribution in [3.63, 3.8) is 0 Å². The van der Waals surface area contributed by atoms with Crippen molar-refractivity contribution in [1.29, 1.82) is 0 Å². The first-order valence-electron chi connectivity index (χ1n) is 11.4. The Kier molecular flexibility index (Phi) is 5.16. The maximum absolute atomic E-state index is 13.5. The third-order valence-corrected chi connectivity index (χ3v) is 6.67. The van der Waals surface area contributed by atoms with E-state index < -0.39 is 11.8 Å². The second-order valence-corrected chi connectivity index (χ2v) is 8.91. The molecule has 0 spiro atoms. The molecule has 0 radical (unpaired) electrons. The molecule has 5 nitrogen and oxygen atoms in total. The van der Waals surface area contributed by atoms with Gasteiger partial charge in [0.25, 0.3) is 11.8 Å². The van der Waals surface area contributed by atoms with Crippen molar-refractivity contribution >= 4 is 51.7 Å². The van der Waals surface area contributed by atoms with Crippen LogP contribution in [0.4, 0.5) is 5.69 Å². The number of hydrogen-bond acceptors (Lipinski definition) is 4. The Morgan fingerprint density at radius 3 is 2.29 bits per heavy atom. The molecule has 1 fully saturated rings. The summed E-state index contributed by atoms with van der Waals surface area (Å²) >= 11 is 5.35. The Balaban J connectivity index is 1.33. The molecule has 2 aliphatic rings. The van der Waals surface area contributed by atoms with E-state index in [0.717, 1.165) is 23.8 Å². The van der Waals surface area contributed by atoms with Gasteiger partial charge in [0, 0.05) is 0 Å². The Labute approximate surface area is 207 Å². The first-order chi connectivity index (χ1) is 17.1. The van der Waals surface area contributed by atoms with Crippen LogP contribution in [0.15, 0.2) is 90.5 Å². The minimum atomic E-state index is -0.497. The molecular formula is C29H20N2O3S. The van der Waals surface area contributed by atoms with Crippen LogP contribution >= 0.6 is 12.2 Å². The number of nitrogens with one attached hydrogen (secondary N) is 1.